The number of nitro groups is 1. The highest BCUT2D eigenvalue weighted by molar-refractivity contribution is 9.11. The van der Waals surface area contributed by atoms with E-state index in [1.165, 1.54) is 30.3 Å². The number of non-ortho nitro benzene ring substituents is 1. The molecule has 0 aliphatic carbocycles. The lowest BCUT2D eigenvalue weighted by molar-refractivity contribution is -0.384. The molecule has 108 valence electrons. The molecular formula is C13H7Br2FN2O3. The van der Waals surface area contributed by atoms with Crippen molar-refractivity contribution in [1.29, 1.82) is 0 Å². The van der Waals surface area contributed by atoms with Crippen LogP contribution in [0.5, 0.6) is 0 Å². The van der Waals surface area contributed by atoms with Gasteiger partial charge in [-0.15, -0.1) is 0 Å². The highest BCUT2D eigenvalue weighted by atomic mass is 79.9. The summed E-state index contributed by atoms with van der Waals surface area (Å²) in [5.74, 6) is -1.14. The third kappa shape index (κ3) is 3.64. The number of hydrogen-bond acceptors (Lipinski definition) is 3. The van der Waals surface area contributed by atoms with Crippen molar-refractivity contribution >= 4 is 49.1 Å². The summed E-state index contributed by atoms with van der Waals surface area (Å²) in [6, 6.07) is 7.67. The summed E-state index contributed by atoms with van der Waals surface area (Å²) in [7, 11) is 0. The Morgan fingerprint density at radius 3 is 2.48 bits per heavy atom. The van der Waals surface area contributed by atoms with Crippen LogP contribution in [0.3, 0.4) is 0 Å². The number of carbonyl (C=O) groups excluding carboxylic acids is 1. The number of anilines is 1. The zero-order valence-electron chi connectivity index (χ0n) is 10.3. The van der Waals surface area contributed by atoms with E-state index in [1.807, 2.05) is 0 Å². The van der Waals surface area contributed by atoms with Gasteiger partial charge in [0, 0.05) is 21.1 Å². The van der Waals surface area contributed by atoms with Crippen molar-refractivity contribution in [2.45, 2.75) is 0 Å². The average molecular weight is 418 g/mol. The molecule has 1 N–H and O–H groups in total. The average Bonchev–Trinajstić information content (AvgIpc) is 2.43. The van der Waals surface area contributed by atoms with Crippen LogP contribution in [-0.4, -0.2) is 10.8 Å². The van der Waals surface area contributed by atoms with Crippen molar-refractivity contribution in [3.63, 3.8) is 0 Å². The van der Waals surface area contributed by atoms with Gasteiger partial charge in [-0.2, -0.15) is 0 Å². The van der Waals surface area contributed by atoms with Crippen molar-refractivity contribution in [3.05, 3.63) is 66.8 Å². The van der Waals surface area contributed by atoms with Crippen LogP contribution in [0.15, 0.2) is 45.3 Å². The monoisotopic (exact) mass is 416 g/mol. The fraction of sp³-hybridized carbons (Fsp3) is 0. The number of rotatable bonds is 3. The van der Waals surface area contributed by atoms with Crippen LogP contribution in [0.1, 0.15) is 10.4 Å². The van der Waals surface area contributed by atoms with Gasteiger partial charge in [0.15, 0.2) is 0 Å². The Morgan fingerprint density at radius 2 is 1.81 bits per heavy atom. The van der Waals surface area contributed by atoms with E-state index in [4.69, 9.17) is 0 Å². The minimum atomic E-state index is -0.581. The molecule has 0 spiro atoms. The highest BCUT2D eigenvalue weighted by Gasteiger charge is 2.15. The summed E-state index contributed by atoms with van der Waals surface area (Å²) in [6.45, 7) is 0. The zero-order chi connectivity index (χ0) is 15.6. The molecule has 0 bridgehead atoms. The van der Waals surface area contributed by atoms with E-state index >= 15 is 0 Å². The van der Waals surface area contributed by atoms with E-state index < -0.39 is 16.6 Å². The van der Waals surface area contributed by atoms with E-state index in [9.17, 15) is 19.3 Å². The quantitative estimate of drug-likeness (QED) is 0.589. The summed E-state index contributed by atoms with van der Waals surface area (Å²) >= 11 is 6.34. The smallest absolute Gasteiger partial charge is 0.271 e. The van der Waals surface area contributed by atoms with Crippen molar-refractivity contribution < 1.29 is 14.1 Å². The van der Waals surface area contributed by atoms with Crippen molar-refractivity contribution in [2.75, 3.05) is 5.32 Å². The van der Waals surface area contributed by atoms with E-state index in [0.29, 0.717) is 8.95 Å². The van der Waals surface area contributed by atoms with Gasteiger partial charge in [0.05, 0.1) is 16.2 Å². The first kappa shape index (κ1) is 15.6. The van der Waals surface area contributed by atoms with Crippen LogP contribution in [0.25, 0.3) is 0 Å². The molecule has 8 heteroatoms. The van der Waals surface area contributed by atoms with Crippen molar-refractivity contribution in [3.8, 4) is 0 Å². The Kier molecular flexibility index (Phi) is 4.69. The van der Waals surface area contributed by atoms with Gasteiger partial charge in [0.1, 0.15) is 5.82 Å². The largest absolute Gasteiger partial charge is 0.321 e. The standard InChI is InChI=1S/C13H7Br2FN2O3/c14-10-3-1-7(16)5-9(10)13(19)17-12-6-8(18(20)21)2-4-11(12)15/h1-6H,(H,17,19). The molecule has 21 heavy (non-hydrogen) atoms. The van der Waals surface area contributed by atoms with Crippen LogP contribution in [-0.2, 0) is 0 Å². The van der Waals surface area contributed by atoms with E-state index in [0.717, 1.165) is 6.07 Å². The fourth-order valence-corrected chi connectivity index (χ4v) is 2.36. The summed E-state index contributed by atoms with van der Waals surface area (Å²) in [5.41, 5.74) is 0.158. The first-order valence-electron chi connectivity index (χ1n) is 5.59. The van der Waals surface area contributed by atoms with Gasteiger partial charge in [0.2, 0.25) is 0 Å². The maximum atomic E-state index is 13.2. The molecule has 0 aromatic heterocycles. The lowest BCUT2D eigenvalue weighted by Crippen LogP contribution is -2.13. The van der Waals surface area contributed by atoms with Crippen LogP contribution in [0.4, 0.5) is 15.8 Å². The number of nitro benzene ring substituents is 1. The predicted molar refractivity (Wildman–Crippen MR) is 82.8 cm³/mol. The van der Waals surface area contributed by atoms with Gasteiger partial charge < -0.3 is 5.32 Å². The van der Waals surface area contributed by atoms with Gasteiger partial charge in [-0.1, -0.05) is 0 Å². The van der Waals surface area contributed by atoms with E-state index in [1.54, 1.807) is 0 Å². The molecule has 0 aliphatic heterocycles. The Morgan fingerprint density at radius 1 is 1.14 bits per heavy atom. The van der Waals surface area contributed by atoms with Gasteiger partial charge in [0.25, 0.3) is 11.6 Å². The molecule has 0 fully saturated rings. The number of benzene rings is 2. The molecule has 2 rings (SSSR count). The minimum absolute atomic E-state index is 0.0911. The van der Waals surface area contributed by atoms with Gasteiger partial charge >= 0.3 is 0 Å². The number of nitrogens with zero attached hydrogens (tertiary/aromatic N) is 1. The third-order valence-corrected chi connectivity index (χ3v) is 3.96. The molecule has 0 aliphatic rings. The third-order valence-electron chi connectivity index (χ3n) is 2.58. The minimum Gasteiger partial charge on any atom is -0.321 e. The molecular weight excluding hydrogens is 411 g/mol. The molecule has 0 saturated heterocycles. The second-order valence-electron chi connectivity index (χ2n) is 4.00. The van der Waals surface area contributed by atoms with E-state index in [2.05, 4.69) is 37.2 Å². The van der Waals surface area contributed by atoms with Crippen molar-refractivity contribution in [1.82, 2.24) is 0 Å². The number of carbonyl (C=O) groups is 1. The number of hydrogen-bond donors (Lipinski definition) is 1. The Hall–Kier alpha value is -1.80. The Labute approximate surface area is 135 Å². The molecule has 0 unspecified atom stereocenters. The molecule has 2 aromatic rings. The highest BCUT2D eigenvalue weighted by Crippen LogP contribution is 2.28. The molecule has 2 aromatic carbocycles. The van der Waals surface area contributed by atoms with Crippen LogP contribution < -0.4 is 5.32 Å². The van der Waals surface area contributed by atoms with Crippen LogP contribution in [0, 0.1) is 15.9 Å². The lowest BCUT2D eigenvalue weighted by Gasteiger charge is -2.08. The molecule has 5 nitrogen and oxygen atoms in total. The molecule has 0 atom stereocenters. The fourth-order valence-electron chi connectivity index (χ4n) is 1.58. The SMILES string of the molecule is O=C(Nc1cc([N+](=O)[O-])ccc1Br)c1cc(F)ccc1Br. The van der Waals surface area contributed by atoms with Gasteiger partial charge in [-0.25, -0.2) is 4.39 Å². The first-order chi connectivity index (χ1) is 9.88. The van der Waals surface area contributed by atoms with Gasteiger partial charge in [-0.3, -0.25) is 14.9 Å². The second kappa shape index (κ2) is 6.31. The van der Waals surface area contributed by atoms with Crippen molar-refractivity contribution in [2.24, 2.45) is 0 Å². The maximum Gasteiger partial charge on any atom is 0.271 e. The second-order valence-corrected chi connectivity index (χ2v) is 5.71. The van der Waals surface area contributed by atoms with Crippen LogP contribution >= 0.6 is 31.9 Å². The molecule has 0 saturated carbocycles. The normalized spacial score (nSPS) is 10.2. The summed E-state index contributed by atoms with van der Waals surface area (Å²) in [6.07, 6.45) is 0. The van der Waals surface area contributed by atoms with Crippen LogP contribution in [0.2, 0.25) is 0 Å². The number of halogens is 3. The Bertz CT molecular complexity index is 737. The number of amides is 1. The first-order valence-corrected chi connectivity index (χ1v) is 7.17. The predicted octanol–water partition coefficient (Wildman–Crippen LogP) is 4.51. The zero-order valence-corrected chi connectivity index (χ0v) is 13.4. The number of nitrogens with one attached hydrogen (secondary N) is 1. The summed E-state index contributed by atoms with van der Waals surface area (Å²) in [5, 5.41) is 13.2. The van der Waals surface area contributed by atoms with E-state index in [-0.39, 0.29) is 16.9 Å². The summed E-state index contributed by atoms with van der Waals surface area (Å²) < 4.78 is 14.1. The summed E-state index contributed by atoms with van der Waals surface area (Å²) in [4.78, 5) is 22.3. The maximum absolute atomic E-state index is 13.2. The molecule has 1 amide bonds. The lowest BCUT2D eigenvalue weighted by atomic mass is 10.2. The Balaban J connectivity index is 2.33. The molecule has 0 heterocycles. The topological polar surface area (TPSA) is 72.2 Å². The van der Waals surface area contributed by atoms with Gasteiger partial charge in [-0.05, 0) is 56.1 Å². The molecule has 0 radical (unpaired) electrons.